The molecule has 3 rings (SSSR count). The third-order valence-corrected chi connectivity index (χ3v) is 6.38. The highest BCUT2D eigenvalue weighted by molar-refractivity contribution is 7.92. The van der Waals surface area contributed by atoms with Crippen LogP contribution in [0.3, 0.4) is 0 Å². The summed E-state index contributed by atoms with van der Waals surface area (Å²) < 4.78 is 30.4. The summed E-state index contributed by atoms with van der Waals surface area (Å²) in [6, 6.07) is 4.77. The Balaban J connectivity index is 1.92. The van der Waals surface area contributed by atoms with E-state index in [4.69, 9.17) is 4.74 Å². The Morgan fingerprint density at radius 3 is 2.57 bits per heavy atom. The fourth-order valence-electron chi connectivity index (χ4n) is 3.22. The van der Waals surface area contributed by atoms with E-state index in [9.17, 15) is 18.0 Å². The van der Waals surface area contributed by atoms with E-state index in [-0.39, 0.29) is 0 Å². The van der Waals surface area contributed by atoms with Gasteiger partial charge in [-0.15, -0.1) is 11.3 Å². The fraction of sp³-hybridized carbons (Fsp3) is 0.368. The zero-order valence-electron chi connectivity index (χ0n) is 15.9. The summed E-state index contributed by atoms with van der Waals surface area (Å²) >= 11 is 1.40. The van der Waals surface area contributed by atoms with Crippen LogP contribution >= 0.6 is 11.3 Å². The second-order valence-corrected chi connectivity index (χ2v) is 9.62. The highest BCUT2D eigenvalue weighted by atomic mass is 32.2. The molecule has 0 bridgehead atoms. The van der Waals surface area contributed by atoms with Gasteiger partial charge in [0.05, 0.1) is 24.6 Å². The summed E-state index contributed by atoms with van der Waals surface area (Å²) in [5, 5.41) is 3.28. The first-order chi connectivity index (χ1) is 13.2. The van der Waals surface area contributed by atoms with Gasteiger partial charge >= 0.3 is 5.97 Å². The van der Waals surface area contributed by atoms with Gasteiger partial charge in [0.15, 0.2) is 0 Å². The predicted octanol–water partition coefficient (Wildman–Crippen LogP) is 3.35. The summed E-state index contributed by atoms with van der Waals surface area (Å²) in [7, 11) is -2.14. The van der Waals surface area contributed by atoms with Crippen LogP contribution < -0.4 is 10.0 Å². The number of benzene rings is 1. The molecule has 0 saturated heterocycles. The average molecular weight is 423 g/mol. The number of esters is 1. The number of nitrogens with one attached hydrogen (secondary N) is 2. The van der Waals surface area contributed by atoms with Crippen LogP contribution in [0.25, 0.3) is 0 Å². The fourth-order valence-corrected chi connectivity index (χ4v) is 5.11. The molecule has 0 saturated carbocycles. The highest BCUT2D eigenvalue weighted by Gasteiger charge is 2.27. The van der Waals surface area contributed by atoms with Crippen LogP contribution in [0, 0.1) is 6.92 Å². The van der Waals surface area contributed by atoms with Gasteiger partial charge in [-0.05, 0) is 55.9 Å². The first kappa shape index (κ1) is 20.3. The van der Waals surface area contributed by atoms with Crippen molar-refractivity contribution >= 4 is 43.9 Å². The van der Waals surface area contributed by atoms with E-state index in [1.165, 1.54) is 24.5 Å². The second kappa shape index (κ2) is 7.92. The molecule has 1 amide bonds. The van der Waals surface area contributed by atoms with Crippen molar-refractivity contribution in [1.82, 2.24) is 0 Å². The molecule has 28 heavy (non-hydrogen) atoms. The molecule has 0 atom stereocenters. The van der Waals surface area contributed by atoms with Crippen molar-refractivity contribution in [3.63, 3.8) is 0 Å². The molecule has 7 nitrogen and oxygen atoms in total. The molecule has 0 spiro atoms. The van der Waals surface area contributed by atoms with Gasteiger partial charge in [0, 0.05) is 10.4 Å². The molecule has 1 aliphatic carbocycles. The quantitative estimate of drug-likeness (QED) is 0.720. The molecule has 0 aliphatic heterocycles. The van der Waals surface area contributed by atoms with E-state index in [1.807, 2.05) is 0 Å². The maximum absolute atomic E-state index is 12.8. The lowest BCUT2D eigenvalue weighted by Crippen LogP contribution is -2.16. The van der Waals surface area contributed by atoms with Crippen LogP contribution in [0.2, 0.25) is 0 Å². The number of thiophene rings is 1. The van der Waals surface area contributed by atoms with E-state index >= 15 is 0 Å². The van der Waals surface area contributed by atoms with Gasteiger partial charge in [0.1, 0.15) is 5.00 Å². The smallest absolute Gasteiger partial charge is 0.341 e. The van der Waals surface area contributed by atoms with Crippen molar-refractivity contribution < 1.29 is 22.7 Å². The summed E-state index contributed by atoms with van der Waals surface area (Å²) in [5.74, 6) is -0.877. The molecule has 0 unspecified atom stereocenters. The van der Waals surface area contributed by atoms with Gasteiger partial charge in [0.25, 0.3) is 5.91 Å². The number of anilines is 2. The van der Waals surface area contributed by atoms with E-state index in [0.717, 1.165) is 42.4 Å². The monoisotopic (exact) mass is 422 g/mol. The Kier molecular flexibility index (Phi) is 5.76. The van der Waals surface area contributed by atoms with Crippen LogP contribution in [-0.4, -0.2) is 33.7 Å². The van der Waals surface area contributed by atoms with Crippen molar-refractivity contribution in [1.29, 1.82) is 0 Å². The number of rotatable bonds is 5. The maximum atomic E-state index is 12.8. The molecule has 2 N–H and O–H groups in total. The Hall–Kier alpha value is -2.39. The minimum absolute atomic E-state index is 0.291. The topological polar surface area (TPSA) is 102 Å². The zero-order chi connectivity index (χ0) is 20.5. The number of carbonyl (C=O) groups is 2. The van der Waals surface area contributed by atoms with Gasteiger partial charge in [0.2, 0.25) is 10.0 Å². The van der Waals surface area contributed by atoms with E-state index in [1.54, 1.807) is 19.1 Å². The van der Waals surface area contributed by atoms with Crippen molar-refractivity contribution in [3.8, 4) is 0 Å². The average Bonchev–Trinajstić information content (AvgIpc) is 2.99. The highest BCUT2D eigenvalue weighted by Crippen LogP contribution is 2.38. The Morgan fingerprint density at radius 2 is 1.89 bits per heavy atom. The van der Waals surface area contributed by atoms with Gasteiger partial charge < -0.3 is 10.1 Å². The van der Waals surface area contributed by atoms with Crippen LogP contribution in [0.5, 0.6) is 0 Å². The van der Waals surface area contributed by atoms with Crippen molar-refractivity contribution in [3.05, 3.63) is 45.3 Å². The number of sulfonamides is 1. The summed E-state index contributed by atoms with van der Waals surface area (Å²) in [4.78, 5) is 26.2. The minimum atomic E-state index is -3.47. The van der Waals surface area contributed by atoms with Gasteiger partial charge in [-0.25, -0.2) is 13.2 Å². The number of ether oxygens (including phenoxy) is 1. The summed E-state index contributed by atoms with van der Waals surface area (Å²) in [6.07, 6.45) is 4.78. The number of hydrogen-bond acceptors (Lipinski definition) is 6. The predicted molar refractivity (Wildman–Crippen MR) is 110 cm³/mol. The van der Waals surface area contributed by atoms with Crippen molar-refractivity contribution in [2.45, 2.75) is 32.6 Å². The van der Waals surface area contributed by atoms with Crippen LogP contribution in [-0.2, 0) is 27.6 Å². The summed E-state index contributed by atoms with van der Waals surface area (Å²) in [6.45, 7) is 1.75. The molecule has 1 heterocycles. The van der Waals surface area contributed by atoms with E-state index in [2.05, 4.69) is 10.0 Å². The number of aryl methyl sites for hydroxylation is 2. The molecular formula is C19H22N2O5S2. The Morgan fingerprint density at radius 1 is 1.18 bits per heavy atom. The lowest BCUT2D eigenvalue weighted by atomic mass is 9.95. The molecule has 1 aromatic carbocycles. The Labute approximate surface area is 168 Å². The van der Waals surface area contributed by atoms with Crippen LogP contribution in [0.4, 0.5) is 10.7 Å². The molecule has 0 radical (unpaired) electrons. The van der Waals surface area contributed by atoms with E-state index in [0.29, 0.717) is 27.4 Å². The normalized spacial score (nSPS) is 13.5. The SMILES string of the molecule is COC(=O)c1c(NC(=O)c2ccc(C)c(NS(C)(=O)=O)c2)sc2c1CCCC2. The first-order valence-electron chi connectivity index (χ1n) is 8.82. The third kappa shape index (κ3) is 4.36. The minimum Gasteiger partial charge on any atom is -0.465 e. The van der Waals surface area contributed by atoms with Crippen LogP contribution in [0.1, 0.15) is 49.6 Å². The summed E-state index contributed by atoms with van der Waals surface area (Å²) in [5.41, 5.74) is 2.72. The number of amides is 1. The molecule has 9 heteroatoms. The zero-order valence-corrected chi connectivity index (χ0v) is 17.6. The van der Waals surface area contributed by atoms with Gasteiger partial charge in [-0.3, -0.25) is 9.52 Å². The first-order valence-corrected chi connectivity index (χ1v) is 11.5. The van der Waals surface area contributed by atoms with Crippen LogP contribution in [0.15, 0.2) is 18.2 Å². The van der Waals surface area contributed by atoms with Crippen molar-refractivity contribution in [2.24, 2.45) is 0 Å². The number of carbonyl (C=O) groups excluding carboxylic acids is 2. The standard InChI is InChI=1S/C19H22N2O5S2/c1-11-8-9-12(10-14(11)21-28(3,24)25)17(22)20-18-16(19(23)26-2)13-6-4-5-7-15(13)27-18/h8-10,21H,4-7H2,1-3H3,(H,20,22). The molecule has 150 valence electrons. The third-order valence-electron chi connectivity index (χ3n) is 4.58. The van der Waals surface area contributed by atoms with E-state index < -0.39 is 21.9 Å². The molecule has 2 aromatic rings. The molecule has 1 aromatic heterocycles. The largest absolute Gasteiger partial charge is 0.465 e. The number of methoxy groups -OCH3 is 1. The molecule has 0 fully saturated rings. The lowest BCUT2D eigenvalue weighted by molar-refractivity contribution is 0.0601. The maximum Gasteiger partial charge on any atom is 0.341 e. The second-order valence-electron chi connectivity index (χ2n) is 6.76. The number of hydrogen-bond donors (Lipinski definition) is 2. The molecular weight excluding hydrogens is 400 g/mol. The Bertz CT molecular complexity index is 1040. The molecule has 1 aliphatic rings. The van der Waals surface area contributed by atoms with Gasteiger partial charge in [-0.2, -0.15) is 0 Å². The number of fused-ring (bicyclic) bond motifs is 1. The van der Waals surface area contributed by atoms with Crippen molar-refractivity contribution in [2.75, 3.05) is 23.4 Å². The van der Waals surface area contributed by atoms with Gasteiger partial charge in [-0.1, -0.05) is 6.07 Å². The lowest BCUT2D eigenvalue weighted by Gasteiger charge is -2.12.